The third-order valence-electron chi connectivity index (χ3n) is 4.74. The van der Waals surface area contributed by atoms with Gasteiger partial charge in [0.15, 0.2) is 7.14 Å². The van der Waals surface area contributed by atoms with Crippen molar-refractivity contribution < 1.29 is 43.4 Å². The molecule has 0 saturated carbocycles. The smallest absolute Gasteiger partial charge is 0.555 e. The summed E-state index contributed by atoms with van der Waals surface area (Å²) in [4.78, 5) is 0. The van der Waals surface area contributed by atoms with Crippen LogP contribution in [-0.4, -0.2) is 19.2 Å². The SMILES string of the molecule is O=P1(c2ccccc2)CO[B-](c2ccccc2)(c2ccccc2)OC1.[Na+]. The Morgan fingerprint density at radius 1 is 0.654 bits per heavy atom. The second kappa shape index (κ2) is 8.27. The summed E-state index contributed by atoms with van der Waals surface area (Å²) in [7, 11) is -2.72. The number of hydrogen-bond donors (Lipinski definition) is 0. The molecule has 1 saturated heterocycles. The van der Waals surface area contributed by atoms with Gasteiger partial charge in [-0.25, -0.2) is 0 Å². The maximum atomic E-state index is 13.3. The monoisotopic (exact) mass is 372 g/mol. The van der Waals surface area contributed by atoms with E-state index in [4.69, 9.17) is 9.31 Å². The van der Waals surface area contributed by atoms with Gasteiger partial charge in [-0.1, -0.05) is 91.0 Å². The third kappa shape index (κ3) is 3.64. The van der Waals surface area contributed by atoms with E-state index in [9.17, 15) is 4.57 Å². The van der Waals surface area contributed by atoms with Crippen LogP contribution in [-0.2, 0) is 13.9 Å². The van der Waals surface area contributed by atoms with E-state index in [0.29, 0.717) is 0 Å². The maximum absolute atomic E-state index is 13.3. The van der Waals surface area contributed by atoms with Gasteiger partial charge < -0.3 is 13.9 Å². The molecule has 1 aliphatic rings. The minimum absolute atomic E-state index is 0. The van der Waals surface area contributed by atoms with Crippen molar-refractivity contribution in [2.45, 2.75) is 0 Å². The van der Waals surface area contributed by atoms with Crippen LogP contribution in [0.5, 0.6) is 0 Å². The molecule has 0 aromatic heterocycles. The topological polar surface area (TPSA) is 35.5 Å². The van der Waals surface area contributed by atoms with E-state index in [1.165, 1.54) is 0 Å². The molecule has 3 aromatic rings. The Labute approximate surface area is 176 Å². The summed E-state index contributed by atoms with van der Waals surface area (Å²) in [6, 6.07) is 29.3. The quantitative estimate of drug-likeness (QED) is 0.476. The van der Waals surface area contributed by atoms with Crippen LogP contribution in [0.4, 0.5) is 0 Å². The average Bonchev–Trinajstić information content (AvgIpc) is 2.71. The first-order valence-electron chi connectivity index (χ1n) is 8.40. The summed E-state index contributed by atoms with van der Waals surface area (Å²) in [6.07, 6.45) is 0.363. The molecule has 0 atom stereocenters. The van der Waals surface area contributed by atoms with Crippen molar-refractivity contribution in [3.63, 3.8) is 0 Å². The molecular weight excluding hydrogens is 353 g/mol. The standard InChI is InChI=1S/C20H19BO3P.Na/c22-25(20-14-8-3-9-15-20)16-23-21(24-17-25,18-10-4-1-5-11-18)19-12-6-2-7-13-19;/h1-15H,16-17H2;/q-1;+1. The Kier molecular flexibility index (Phi) is 6.24. The molecule has 3 nitrogen and oxygen atoms in total. The molecule has 0 spiro atoms. The molecule has 0 bridgehead atoms. The van der Waals surface area contributed by atoms with Crippen LogP contribution < -0.4 is 45.8 Å². The van der Waals surface area contributed by atoms with Crippen molar-refractivity contribution in [1.29, 1.82) is 0 Å². The predicted molar refractivity (Wildman–Crippen MR) is 103 cm³/mol. The van der Waals surface area contributed by atoms with Gasteiger partial charge in [0.1, 0.15) is 0 Å². The maximum Gasteiger partial charge on any atom is 1.00 e. The van der Waals surface area contributed by atoms with Gasteiger partial charge in [-0.3, -0.25) is 0 Å². The van der Waals surface area contributed by atoms with Gasteiger partial charge in [0.2, 0.25) is 0 Å². The fourth-order valence-corrected chi connectivity index (χ4v) is 5.36. The fourth-order valence-electron chi connectivity index (χ4n) is 3.38. The van der Waals surface area contributed by atoms with Crippen LogP contribution >= 0.6 is 7.14 Å². The molecule has 0 radical (unpaired) electrons. The second-order valence-electron chi connectivity index (χ2n) is 6.35. The predicted octanol–water partition coefficient (Wildman–Crippen LogP) is -0.103. The molecule has 0 N–H and O–H groups in total. The number of benzene rings is 3. The summed E-state index contributed by atoms with van der Waals surface area (Å²) in [5.74, 6) is 0. The fraction of sp³-hybridized carbons (Fsp3) is 0.100. The van der Waals surface area contributed by atoms with E-state index < -0.39 is 13.7 Å². The zero-order valence-corrected chi connectivity index (χ0v) is 17.7. The molecule has 4 rings (SSSR count). The van der Waals surface area contributed by atoms with E-state index >= 15 is 0 Å². The van der Waals surface area contributed by atoms with Crippen molar-refractivity contribution in [2.75, 3.05) is 12.7 Å². The Morgan fingerprint density at radius 2 is 1.04 bits per heavy atom. The van der Waals surface area contributed by atoms with E-state index in [2.05, 4.69) is 0 Å². The van der Waals surface area contributed by atoms with Crippen LogP contribution in [0, 0.1) is 0 Å². The van der Waals surface area contributed by atoms with E-state index in [1.807, 2.05) is 91.0 Å². The molecule has 0 aliphatic carbocycles. The van der Waals surface area contributed by atoms with Crippen LogP contribution in [0.25, 0.3) is 0 Å². The Balaban J connectivity index is 0.00000196. The number of hydrogen-bond acceptors (Lipinski definition) is 3. The molecule has 3 aromatic carbocycles. The normalized spacial score (nSPS) is 17.8. The van der Waals surface area contributed by atoms with E-state index in [1.54, 1.807) is 0 Å². The molecule has 0 amide bonds. The summed E-state index contributed by atoms with van der Waals surface area (Å²) in [6.45, 7) is -1.84. The van der Waals surface area contributed by atoms with Crippen LogP contribution in [0.1, 0.15) is 0 Å². The average molecular weight is 372 g/mol. The third-order valence-corrected chi connectivity index (χ3v) is 7.11. The Hall–Kier alpha value is -1.13. The molecule has 6 heteroatoms. The largest absolute Gasteiger partial charge is 1.00 e. The first-order valence-corrected chi connectivity index (χ1v) is 10.5. The van der Waals surface area contributed by atoms with Gasteiger partial charge in [-0.15, -0.1) is 10.9 Å². The summed E-state index contributed by atoms with van der Waals surface area (Å²) >= 11 is 0. The van der Waals surface area contributed by atoms with Gasteiger partial charge >= 0.3 is 29.6 Å². The molecule has 26 heavy (non-hydrogen) atoms. The van der Waals surface area contributed by atoms with Gasteiger partial charge in [0, 0.05) is 5.30 Å². The molecule has 126 valence electrons. The van der Waals surface area contributed by atoms with E-state index in [-0.39, 0.29) is 42.3 Å². The zero-order chi connectivity index (χ0) is 17.2. The van der Waals surface area contributed by atoms with E-state index in [0.717, 1.165) is 16.2 Å². The van der Waals surface area contributed by atoms with Crippen molar-refractivity contribution in [3.05, 3.63) is 91.0 Å². The molecule has 1 fully saturated rings. The Morgan fingerprint density at radius 3 is 1.46 bits per heavy atom. The molecule has 1 heterocycles. The van der Waals surface area contributed by atoms with Crippen molar-refractivity contribution in [3.8, 4) is 0 Å². The summed E-state index contributed by atoms with van der Waals surface area (Å²) < 4.78 is 25.9. The van der Waals surface area contributed by atoms with Gasteiger partial charge in [-0.2, -0.15) is 0 Å². The molecule has 0 unspecified atom stereocenters. The van der Waals surface area contributed by atoms with Crippen molar-refractivity contribution in [2.24, 2.45) is 0 Å². The number of rotatable bonds is 3. The minimum atomic E-state index is -2.72. The van der Waals surface area contributed by atoms with Gasteiger partial charge in [-0.05, 0) is 0 Å². The summed E-state index contributed by atoms with van der Waals surface area (Å²) in [5, 5.41) is 0.806. The molecular formula is C20H19BNaO3P. The van der Waals surface area contributed by atoms with Crippen molar-refractivity contribution in [1.82, 2.24) is 0 Å². The zero-order valence-electron chi connectivity index (χ0n) is 14.8. The van der Waals surface area contributed by atoms with Crippen molar-refractivity contribution >= 4 is 29.9 Å². The Bertz CT molecular complexity index is 837. The van der Waals surface area contributed by atoms with Gasteiger partial charge in [0.05, 0.1) is 12.7 Å². The molecule has 1 aliphatic heterocycles. The van der Waals surface area contributed by atoms with Crippen LogP contribution in [0.3, 0.4) is 0 Å². The second-order valence-corrected chi connectivity index (χ2v) is 9.16. The van der Waals surface area contributed by atoms with Gasteiger partial charge in [0.25, 0.3) is 6.55 Å². The van der Waals surface area contributed by atoms with Crippen LogP contribution in [0.15, 0.2) is 91.0 Å². The first-order chi connectivity index (χ1) is 12.2. The summed E-state index contributed by atoms with van der Waals surface area (Å²) in [5.41, 5.74) is 1.93. The van der Waals surface area contributed by atoms with Crippen LogP contribution in [0.2, 0.25) is 0 Å². The first kappa shape index (κ1) is 19.6. The minimum Gasteiger partial charge on any atom is -0.555 e.